The summed E-state index contributed by atoms with van der Waals surface area (Å²) in [5, 5.41) is 10.9. The average molecular weight is 376 g/mol. The molecule has 1 unspecified atom stereocenters. The minimum atomic E-state index is -0.475. The molecule has 27 heavy (non-hydrogen) atoms. The number of likely N-dealkylation sites (N-methyl/N-ethyl adjacent to an activating group) is 1. The SMILES string of the molecule is CCCCC(O)COc1ccc2c(C)c(CCN(CC)CC)c(=O)oc2c1. The number of nitrogens with zero attached hydrogens (tertiary/aromatic N) is 1. The highest BCUT2D eigenvalue weighted by atomic mass is 16.5. The Labute approximate surface area is 161 Å². The highest BCUT2D eigenvalue weighted by Gasteiger charge is 2.13. The number of benzene rings is 1. The van der Waals surface area contributed by atoms with Crippen molar-refractivity contribution in [3.8, 4) is 5.75 Å². The van der Waals surface area contributed by atoms with Crippen molar-refractivity contribution < 1.29 is 14.3 Å². The van der Waals surface area contributed by atoms with Gasteiger partial charge in [-0.1, -0.05) is 33.6 Å². The van der Waals surface area contributed by atoms with Gasteiger partial charge in [0.15, 0.2) is 0 Å². The van der Waals surface area contributed by atoms with E-state index in [1.807, 2.05) is 19.1 Å². The molecule has 0 fully saturated rings. The molecule has 1 atom stereocenters. The molecule has 150 valence electrons. The molecule has 1 N–H and O–H groups in total. The molecule has 2 aromatic rings. The summed E-state index contributed by atoms with van der Waals surface area (Å²) in [6.07, 6.45) is 2.97. The second-order valence-corrected chi connectivity index (χ2v) is 7.03. The average Bonchev–Trinajstić information content (AvgIpc) is 2.67. The number of aryl methyl sites for hydroxylation is 1. The number of aliphatic hydroxyl groups is 1. The molecule has 0 amide bonds. The first-order chi connectivity index (χ1) is 13.0. The predicted octanol–water partition coefficient (Wildman–Crippen LogP) is 3.92. The van der Waals surface area contributed by atoms with Crippen LogP contribution in [0.15, 0.2) is 27.4 Å². The quantitative estimate of drug-likeness (QED) is 0.603. The molecule has 1 heterocycles. The molecule has 1 aromatic carbocycles. The smallest absolute Gasteiger partial charge is 0.339 e. The zero-order chi connectivity index (χ0) is 19.8. The van der Waals surface area contributed by atoms with Crippen LogP contribution in [0.4, 0.5) is 0 Å². The molecule has 0 saturated heterocycles. The second kappa shape index (κ2) is 10.5. The van der Waals surface area contributed by atoms with Gasteiger partial charge in [0.2, 0.25) is 0 Å². The largest absolute Gasteiger partial charge is 0.491 e. The van der Waals surface area contributed by atoms with Crippen molar-refractivity contribution in [1.82, 2.24) is 4.90 Å². The summed E-state index contributed by atoms with van der Waals surface area (Å²) < 4.78 is 11.2. The van der Waals surface area contributed by atoms with E-state index in [0.717, 1.165) is 55.4 Å². The summed E-state index contributed by atoms with van der Waals surface area (Å²) in [6.45, 7) is 11.4. The standard InChI is InChI=1S/C22H33NO4/c1-5-8-9-17(24)15-26-18-10-11-19-16(4)20(12-13-23(6-2)7-3)22(25)27-21(19)14-18/h10-11,14,17,24H,5-9,12-13,15H2,1-4H3. The third-order valence-corrected chi connectivity index (χ3v) is 5.16. The van der Waals surface area contributed by atoms with E-state index in [0.29, 0.717) is 17.8 Å². The Balaban J connectivity index is 2.15. The molecular formula is C22H33NO4. The maximum absolute atomic E-state index is 12.5. The van der Waals surface area contributed by atoms with Gasteiger partial charge in [-0.25, -0.2) is 4.79 Å². The van der Waals surface area contributed by atoms with Gasteiger partial charge in [-0.05, 0) is 50.6 Å². The molecule has 5 heteroatoms. The Bertz CT molecular complexity index is 780. The normalized spacial score (nSPS) is 12.7. The van der Waals surface area contributed by atoms with E-state index >= 15 is 0 Å². The van der Waals surface area contributed by atoms with E-state index in [-0.39, 0.29) is 12.2 Å². The van der Waals surface area contributed by atoms with Crippen LogP contribution in [0, 0.1) is 6.92 Å². The van der Waals surface area contributed by atoms with Crippen LogP contribution >= 0.6 is 0 Å². The molecule has 0 aliphatic rings. The summed E-state index contributed by atoms with van der Waals surface area (Å²) >= 11 is 0. The van der Waals surface area contributed by atoms with Crippen molar-refractivity contribution in [1.29, 1.82) is 0 Å². The van der Waals surface area contributed by atoms with Gasteiger partial charge in [0.1, 0.15) is 17.9 Å². The van der Waals surface area contributed by atoms with Crippen LogP contribution < -0.4 is 10.4 Å². The van der Waals surface area contributed by atoms with Gasteiger partial charge in [-0.2, -0.15) is 0 Å². The van der Waals surface area contributed by atoms with E-state index in [4.69, 9.17) is 9.15 Å². The van der Waals surface area contributed by atoms with Crippen LogP contribution in [0.1, 0.15) is 51.2 Å². The Morgan fingerprint density at radius 1 is 1.22 bits per heavy atom. The van der Waals surface area contributed by atoms with E-state index in [2.05, 4.69) is 25.7 Å². The highest BCUT2D eigenvalue weighted by molar-refractivity contribution is 5.82. The maximum Gasteiger partial charge on any atom is 0.339 e. The summed E-state index contributed by atoms with van der Waals surface area (Å²) in [5.41, 5.74) is 1.98. The van der Waals surface area contributed by atoms with E-state index in [1.54, 1.807) is 6.07 Å². The number of ether oxygens (including phenoxy) is 1. The molecule has 2 rings (SSSR count). The van der Waals surface area contributed by atoms with Gasteiger partial charge in [0.05, 0.1) is 6.10 Å². The number of unbranched alkanes of at least 4 members (excludes halogenated alkanes) is 1. The van der Waals surface area contributed by atoms with Crippen molar-refractivity contribution in [2.75, 3.05) is 26.2 Å². The molecule has 0 aliphatic carbocycles. The Hall–Kier alpha value is -1.85. The van der Waals surface area contributed by atoms with Crippen LogP contribution in [0.5, 0.6) is 5.75 Å². The lowest BCUT2D eigenvalue weighted by Crippen LogP contribution is -2.27. The third kappa shape index (κ3) is 5.81. The number of hydrogen-bond acceptors (Lipinski definition) is 5. The van der Waals surface area contributed by atoms with Crippen LogP contribution in [0.25, 0.3) is 11.0 Å². The van der Waals surface area contributed by atoms with Crippen LogP contribution in [0.2, 0.25) is 0 Å². The summed E-state index contributed by atoms with van der Waals surface area (Å²) in [4.78, 5) is 14.8. The molecule has 5 nitrogen and oxygen atoms in total. The minimum absolute atomic E-state index is 0.247. The number of rotatable bonds is 11. The number of hydrogen-bond donors (Lipinski definition) is 1. The van der Waals surface area contributed by atoms with E-state index in [9.17, 15) is 9.90 Å². The molecule has 0 aliphatic heterocycles. The first-order valence-corrected chi connectivity index (χ1v) is 10.1. The fourth-order valence-electron chi connectivity index (χ4n) is 3.28. The van der Waals surface area contributed by atoms with Crippen LogP contribution in [-0.2, 0) is 6.42 Å². The zero-order valence-electron chi connectivity index (χ0n) is 17.1. The van der Waals surface area contributed by atoms with E-state index in [1.165, 1.54) is 0 Å². The minimum Gasteiger partial charge on any atom is -0.491 e. The Morgan fingerprint density at radius 3 is 2.63 bits per heavy atom. The van der Waals surface area contributed by atoms with Gasteiger partial charge >= 0.3 is 5.63 Å². The van der Waals surface area contributed by atoms with Gasteiger partial charge in [0.25, 0.3) is 0 Å². The molecule has 0 bridgehead atoms. The van der Waals surface area contributed by atoms with Gasteiger partial charge in [0, 0.05) is 23.6 Å². The van der Waals surface area contributed by atoms with Crippen molar-refractivity contribution >= 4 is 11.0 Å². The monoisotopic (exact) mass is 375 g/mol. The number of fused-ring (bicyclic) bond motifs is 1. The maximum atomic E-state index is 12.5. The molecule has 0 saturated carbocycles. The fourth-order valence-corrected chi connectivity index (χ4v) is 3.28. The molecule has 1 aromatic heterocycles. The van der Waals surface area contributed by atoms with Crippen molar-refractivity contribution in [3.05, 3.63) is 39.7 Å². The zero-order valence-corrected chi connectivity index (χ0v) is 17.1. The van der Waals surface area contributed by atoms with Gasteiger partial charge < -0.3 is 19.2 Å². The van der Waals surface area contributed by atoms with Crippen molar-refractivity contribution in [3.63, 3.8) is 0 Å². The molecular weight excluding hydrogens is 342 g/mol. The topological polar surface area (TPSA) is 62.9 Å². The van der Waals surface area contributed by atoms with E-state index < -0.39 is 6.10 Å². The summed E-state index contributed by atoms with van der Waals surface area (Å²) in [5.74, 6) is 0.608. The first-order valence-electron chi connectivity index (χ1n) is 10.1. The summed E-state index contributed by atoms with van der Waals surface area (Å²) in [6, 6.07) is 5.54. The lowest BCUT2D eigenvalue weighted by Gasteiger charge is -2.18. The number of aliphatic hydroxyl groups excluding tert-OH is 1. The Morgan fingerprint density at radius 2 is 1.96 bits per heavy atom. The van der Waals surface area contributed by atoms with Crippen LogP contribution in [0.3, 0.4) is 0 Å². The highest BCUT2D eigenvalue weighted by Crippen LogP contribution is 2.24. The third-order valence-electron chi connectivity index (χ3n) is 5.16. The second-order valence-electron chi connectivity index (χ2n) is 7.03. The first kappa shape index (κ1) is 21.5. The molecule has 0 spiro atoms. The van der Waals surface area contributed by atoms with Crippen molar-refractivity contribution in [2.24, 2.45) is 0 Å². The van der Waals surface area contributed by atoms with Crippen LogP contribution in [-0.4, -0.2) is 42.4 Å². The summed E-state index contributed by atoms with van der Waals surface area (Å²) in [7, 11) is 0. The fraction of sp³-hybridized carbons (Fsp3) is 0.591. The molecule has 0 radical (unpaired) electrons. The van der Waals surface area contributed by atoms with Gasteiger partial charge in [-0.15, -0.1) is 0 Å². The van der Waals surface area contributed by atoms with Crippen molar-refractivity contribution in [2.45, 2.75) is 59.5 Å². The van der Waals surface area contributed by atoms with Gasteiger partial charge in [-0.3, -0.25) is 0 Å². The Kier molecular flexibility index (Phi) is 8.32. The predicted molar refractivity (Wildman–Crippen MR) is 110 cm³/mol. The lowest BCUT2D eigenvalue weighted by molar-refractivity contribution is 0.0980. The lowest BCUT2D eigenvalue weighted by atomic mass is 10.0.